The molecule has 2 aromatic rings. The Bertz CT molecular complexity index is 788. The number of amides is 1. The van der Waals surface area contributed by atoms with E-state index in [1.54, 1.807) is 50.6 Å². The van der Waals surface area contributed by atoms with Gasteiger partial charge in [0.05, 0.1) is 24.3 Å². The van der Waals surface area contributed by atoms with Crippen LogP contribution in [0.25, 0.3) is 6.08 Å². The summed E-state index contributed by atoms with van der Waals surface area (Å²) < 4.78 is 10.5. The number of nitrogens with one attached hydrogen (secondary N) is 1. The minimum Gasteiger partial charge on any atom is -0.493 e. The first kappa shape index (κ1) is 18.2. The van der Waals surface area contributed by atoms with E-state index < -0.39 is 0 Å². The molecule has 1 N–H and O–H groups in total. The van der Waals surface area contributed by atoms with Crippen molar-refractivity contribution in [3.63, 3.8) is 0 Å². The van der Waals surface area contributed by atoms with E-state index in [9.17, 15) is 4.79 Å². The predicted octanol–water partition coefficient (Wildman–Crippen LogP) is 4.97. The van der Waals surface area contributed by atoms with E-state index in [-0.39, 0.29) is 5.91 Å². The van der Waals surface area contributed by atoms with Gasteiger partial charge in [0.25, 0.3) is 0 Å². The molecular formula is C18H17Cl2NO3. The monoisotopic (exact) mass is 365 g/mol. The summed E-state index contributed by atoms with van der Waals surface area (Å²) in [5.74, 6) is 0.891. The van der Waals surface area contributed by atoms with Gasteiger partial charge >= 0.3 is 0 Å². The molecule has 0 saturated carbocycles. The number of ether oxygens (including phenoxy) is 2. The molecule has 0 aliphatic carbocycles. The summed E-state index contributed by atoms with van der Waals surface area (Å²) in [6.45, 7) is 1.88. The second kappa shape index (κ2) is 8.08. The van der Waals surface area contributed by atoms with Crippen molar-refractivity contribution in [2.75, 3.05) is 19.5 Å². The summed E-state index contributed by atoms with van der Waals surface area (Å²) in [6.07, 6.45) is 3.09. The van der Waals surface area contributed by atoms with Crippen molar-refractivity contribution in [3.05, 3.63) is 57.6 Å². The number of anilines is 1. The van der Waals surface area contributed by atoms with Crippen LogP contribution in [-0.4, -0.2) is 20.1 Å². The maximum atomic E-state index is 12.1. The van der Waals surface area contributed by atoms with Crippen LogP contribution in [0.1, 0.15) is 11.1 Å². The van der Waals surface area contributed by atoms with Gasteiger partial charge in [-0.1, -0.05) is 29.3 Å². The number of halogens is 2. The molecule has 2 aromatic carbocycles. The van der Waals surface area contributed by atoms with Crippen LogP contribution in [-0.2, 0) is 4.79 Å². The molecule has 0 radical (unpaired) electrons. The fourth-order valence-corrected chi connectivity index (χ4v) is 2.38. The first-order valence-corrected chi connectivity index (χ1v) is 7.87. The van der Waals surface area contributed by atoms with Gasteiger partial charge in [0.1, 0.15) is 0 Å². The fraction of sp³-hybridized carbons (Fsp3) is 0.167. The first-order chi connectivity index (χ1) is 11.4. The van der Waals surface area contributed by atoms with Gasteiger partial charge in [0, 0.05) is 17.8 Å². The molecule has 6 heteroatoms. The van der Waals surface area contributed by atoms with Crippen molar-refractivity contribution in [2.45, 2.75) is 6.92 Å². The number of carbonyl (C=O) groups is 1. The van der Waals surface area contributed by atoms with Crippen LogP contribution in [0, 0.1) is 6.92 Å². The zero-order valence-electron chi connectivity index (χ0n) is 13.5. The molecule has 24 heavy (non-hydrogen) atoms. The number of aryl methyl sites for hydroxylation is 1. The van der Waals surface area contributed by atoms with Crippen LogP contribution in [0.5, 0.6) is 11.5 Å². The number of hydrogen-bond acceptors (Lipinski definition) is 3. The van der Waals surface area contributed by atoms with Crippen LogP contribution < -0.4 is 14.8 Å². The largest absolute Gasteiger partial charge is 0.493 e. The van der Waals surface area contributed by atoms with E-state index in [1.807, 2.05) is 6.92 Å². The van der Waals surface area contributed by atoms with Gasteiger partial charge in [-0.3, -0.25) is 4.79 Å². The summed E-state index contributed by atoms with van der Waals surface area (Å²) in [6, 6.07) is 8.67. The number of methoxy groups -OCH3 is 2. The lowest BCUT2D eigenvalue weighted by molar-refractivity contribution is -0.111. The molecule has 0 fully saturated rings. The van der Waals surface area contributed by atoms with Crippen molar-refractivity contribution in [1.29, 1.82) is 0 Å². The lowest BCUT2D eigenvalue weighted by Gasteiger charge is -2.12. The highest BCUT2D eigenvalue weighted by molar-refractivity contribution is 6.42. The molecule has 4 nitrogen and oxygen atoms in total. The Labute approximate surface area is 151 Å². The number of rotatable bonds is 5. The quantitative estimate of drug-likeness (QED) is 0.760. The molecule has 0 spiro atoms. The third-order valence-corrected chi connectivity index (χ3v) is 4.10. The van der Waals surface area contributed by atoms with Crippen LogP contribution in [0.4, 0.5) is 5.69 Å². The Morgan fingerprint density at radius 1 is 1.04 bits per heavy atom. The highest BCUT2D eigenvalue weighted by Gasteiger charge is 2.10. The molecule has 0 bridgehead atoms. The van der Waals surface area contributed by atoms with Gasteiger partial charge in [-0.05, 0) is 42.3 Å². The Morgan fingerprint density at radius 3 is 2.33 bits per heavy atom. The van der Waals surface area contributed by atoms with Crippen LogP contribution in [0.3, 0.4) is 0 Å². The second-order valence-corrected chi connectivity index (χ2v) is 5.83. The topological polar surface area (TPSA) is 47.6 Å². The minimum atomic E-state index is -0.267. The molecule has 0 aliphatic rings. The molecule has 0 aromatic heterocycles. The predicted molar refractivity (Wildman–Crippen MR) is 98.4 cm³/mol. The van der Waals surface area contributed by atoms with Crippen molar-refractivity contribution in [3.8, 4) is 11.5 Å². The number of benzene rings is 2. The normalized spacial score (nSPS) is 10.7. The average molecular weight is 366 g/mol. The van der Waals surface area contributed by atoms with Gasteiger partial charge in [-0.15, -0.1) is 0 Å². The van der Waals surface area contributed by atoms with E-state index in [4.69, 9.17) is 32.7 Å². The van der Waals surface area contributed by atoms with E-state index in [0.717, 1.165) is 11.1 Å². The van der Waals surface area contributed by atoms with Gasteiger partial charge < -0.3 is 14.8 Å². The molecule has 0 heterocycles. The van der Waals surface area contributed by atoms with E-state index in [0.29, 0.717) is 27.2 Å². The fourth-order valence-electron chi connectivity index (χ4n) is 2.08. The molecule has 0 atom stereocenters. The molecule has 1 amide bonds. The van der Waals surface area contributed by atoms with Crippen molar-refractivity contribution in [2.24, 2.45) is 0 Å². The van der Waals surface area contributed by atoms with Crippen LogP contribution >= 0.6 is 23.2 Å². The lowest BCUT2D eigenvalue weighted by atomic mass is 10.1. The molecular weight excluding hydrogens is 349 g/mol. The lowest BCUT2D eigenvalue weighted by Crippen LogP contribution is -2.09. The van der Waals surface area contributed by atoms with Crippen molar-refractivity contribution >= 4 is 40.9 Å². The van der Waals surface area contributed by atoms with Crippen molar-refractivity contribution in [1.82, 2.24) is 0 Å². The summed E-state index contributed by atoms with van der Waals surface area (Å²) in [4.78, 5) is 12.1. The third kappa shape index (κ3) is 4.43. The Balaban J connectivity index is 2.14. The maximum Gasteiger partial charge on any atom is 0.248 e. The summed E-state index contributed by atoms with van der Waals surface area (Å²) in [7, 11) is 3.11. The van der Waals surface area contributed by atoms with Gasteiger partial charge in [-0.25, -0.2) is 0 Å². The zero-order chi connectivity index (χ0) is 17.7. The van der Waals surface area contributed by atoms with Gasteiger partial charge in [-0.2, -0.15) is 0 Å². The van der Waals surface area contributed by atoms with Crippen LogP contribution in [0.2, 0.25) is 10.0 Å². The average Bonchev–Trinajstić information content (AvgIpc) is 2.57. The summed E-state index contributed by atoms with van der Waals surface area (Å²) in [5.41, 5.74) is 2.30. The Morgan fingerprint density at radius 2 is 1.71 bits per heavy atom. The standard InChI is InChI=1S/C18H17Cl2NO3/c1-11-8-16(23-2)17(24-3)10-15(11)21-18(22)7-5-12-4-6-13(19)14(20)9-12/h4-10H,1-3H3,(H,21,22)/b7-5+. The minimum absolute atomic E-state index is 0.267. The van der Waals surface area contributed by atoms with Gasteiger partial charge in [0.15, 0.2) is 11.5 Å². The smallest absolute Gasteiger partial charge is 0.248 e. The Hall–Kier alpha value is -2.17. The van der Waals surface area contributed by atoms with E-state index >= 15 is 0 Å². The molecule has 0 unspecified atom stereocenters. The molecule has 126 valence electrons. The van der Waals surface area contributed by atoms with E-state index in [1.165, 1.54) is 6.08 Å². The summed E-state index contributed by atoms with van der Waals surface area (Å²) in [5, 5.41) is 3.72. The number of hydrogen-bond donors (Lipinski definition) is 1. The first-order valence-electron chi connectivity index (χ1n) is 7.11. The molecule has 2 rings (SSSR count). The number of carbonyl (C=O) groups excluding carboxylic acids is 1. The molecule has 0 aliphatic heterocycles. The zero-order valence-corrected chi connectivity index (χ0v) is 15.0. The van der Waals surface area contributed by atoms with Crippen molar-refractivity contribution < 1.29 is 14.3 Å². The summed E-state index contributed by atoms with van der Waals surface area (Å²) >= 11 is 11.8. The molecule has 0 saturated heterocycles. The maximum absolute atomic E-state index is 12.1. The van der Waals surface area contributed by atoms with Gasteiger partial charge in [0.2, 0.25) is 5.91 Å². The highest BCUT2D eigenvalue weighted by atomic mass is 35.5. The third-order valence-electron chi connectivity index (χ3n) is 3.36. The second-order valence-electron chi connectivity index (χ2n) is 5.02. The highest BCUT2D eigenvalue weighted by Crippen LogP contribution is 2.32. The van der Waals surface area contributed by atoms with Crippen LogP contribution in [0.15, 0.2) is 36.4 Å². The van der Waals surface area contributed by atoms with E-state index in [2.05, 4.69) is 5.32 Å². The Kier molecular flexibility index (Phi) is 6.12. The SMILES string of the molecule is COc1cc(C)c(NC(=O)/C=C/c2ccc(Cl)c(Cl)c2)cc1OC.